The van der Waals surface area contributed by atoms with Gasteiger partial charge in [-0.3, -0.25) is 0 Å². The fraction of sp³-hybridized carbons (Fsp3) is 0.933. The fourth-order valence-corrected chi connectivity index (χ4v) is 6.96. The molecule has 0 bridgehead atoms. The summed E-state index contributed by atoms with van der Waals surface area (Å²) < 4.78 is 14.8. The first kappa shape index (κ1) is 21.5. The molecule has 1 saturated heterocycles. The molecule has 0 aromatic heterocycles. The average molecular weight is 380 g/mol. The predicted molar refractivity (Wildman–Crippen MR) is 102 cm³/mol. The van der Waals surface area contributed by atoms with Crippen molar-refractivity contribution >= 4 is 30.1 Å². The van der Waals surface area contributed by atoms with Crippen molar-refractivity contribution in [3.8, 4) is 6.07 Å². The molecular formula is C15H30N3O2PS2. The van der Waals surface area contributed by atoms with Crippen molar-refractivity contribution in [1.29, 1.82) is 5.26 Å². The van der Waals surface area contributed by atoms with E-state index in [0.717, 1.165) is 11.5 Å². The van der Waals surface area contributed by atoms with Crippen LogP contribution in [0.2, 0.25) is 0 Å². The standard InChI is InChI=1S/C15H30N3O2PS2/c1-12(2)18(13(3)4)21(19-9-7-8-16)20-15-11-23-22-10-14(15)17(5)6/h12-15H,7,9-11H2,1-6H3. The van der Waals surface area contributed by atoms with Gasteiger partial charge in [-0.25, -0.2) is 4.67 Å². The van der Waals surface area contributed by atoms with Crippen LogP contribution in [-0.4, -0.2) is 66.0 Å². The third-order valence-corrected chi connectivity index (χ3v) is 8.12. The second-order valence-electron chi connectivity index (χ2n) is 6.29. The van der Waals surface area contributed by atoms with Crippen LogP contribution in [0, 0.1) is 11.3 Å². The largest absolute Gasteiger partial charge is 0.321 e. The number of nitriles is 1. The molecule has 1 aliphatic rings. The van der Waals surface area contributed by atoms with E-state index in [1.54, 1.807) is 0 Å². The van der Waals surface area contributed by atoms with Crippen LogP contribution in [0.15, 0.2) is 0 Å². The highest BCUT2D eigenvalue weighted by Gasteiger charge is 2.35. The topological polar surface area (TPSA) is 48.7 Å². The Morgan fingerprint density at radius 2 is 1.78 bits per heavy atom. The van der Waals surface area contributed by atoms with Crippen molar-refractivity contribution in [1.82, 2.24) is 9.57 Å². The summed E-state index contributed by atoms with van der Waals surface area (Å²) in [4.78, 5) is 2.25. The van der Waals surface area contributed by atoms with E-state index in [1.807, 2.05) is 21.6 Å². The smallest absolute Gasteiger partial charge is 0.259 e. The third-order valence-electron chi connectivity index (χ3n) is 3.53. The molecule has 0 aromatic rings. The Bertz CT molecular complexity index is 372. The van der Waals surface area contributed by atoms with Crippen LogP contribution in [0.25, 0.3) is 0 Å². The molecule has 1 fully saturated rings. The Labute approximate surface area is 150 Å². The highest BCUT2D eigenvalue weighted by atomic mass is 33.1. The van der Waals surface area contributed by atoms with E-state index in [-0.39, 0.29) is 6.10 Å². The molecule has 5 nitrogen and oxygen atoms in total. The first-order chi connectivity index (χ1) is 10.9. The monoisotopic (exact) mass is 379 g/mol. The molecule has 134 valence electrons. The molecule has 3 unspecified atom stereocenters. The Morgan fingerprint density at radius 3 is 2.30 bits per heavy atom. The SMILES string of the molecule is CC(C)N(C(C)C)P(OCCC#N)OC1CSSCC1N(C)C. The fourth-order valence-electron chi connectivity index (χ4n) is 2.44. The van der Waals surface area contributed by atoms with E-state index in [4.69, 9.17) is 14.3 Å². The van der Waals surface area contributed by atoms with Crippen molar-refractivity contribution in [2.75, 3.05) is 32.2 Å². The Hall–Kier alpha value is 0.460. The van der Waals surface area contributed by atoms with Crippen molar-refractivity contribution in [2.24, 2.45) is 0 Å². The van der Waals surface area contributed by atoms with Crippen LogP contribution >= 0.6 is 30.1 Å². The molecule has 0 amide bonds. The van der Waals surface area contributed by atoms with Crippen LogP contribution in [0.4, 0.5) is 0 Å². The summed E-state index contributed by atoms with van der Waals surface area (Å²) in [5.74, 6) is 2.03. The normalized spacial score (nSPS) is 23.7. The van der Waals surface area contributed by atoms with E-state index in [1.165, 1.54) is 0 Å². The number of hydrogen-bond acceptors (Lipinski definition) is 7. The van der Waals surface area contributed by atoms with Gasteiger partial charge in [0, 0.05) is 29.6 Å². The van der Waals surface area contributed by atoms with Gasteiger partial charge in [0.25, 0.3) is 8.53 Å². The lowest BCUT2D eigenvalue weighted by atomic mass is 10.2. The van der Waals surface area contributed by atoms with Crippen molar-refractivity contribution in [2.45, 2.75) is 58.3 Å². The predicted octanol–water partition coefficient (Wildman–Crippen LogP) is 3.97. The molecule has 0 N–H and O–H groups in total. The van der Waals surface area contributed by atoms with Crippen LogP contribution in [0.5, 0.6) is 0 Å². The lowest BCUT2D eigenvalue weighted by molar-refractivity contribution is 0.0936. The van der Waals surface area contributed by atoms with E-state index >= 15 is 0 Å². The highest BCUT2D eigenvalue weighted by Crippen LogP contribution is 2.49. The lowest BCUT2D eigenvalue weighted by Gasteiger charge is -2.41. The number of nitrogens with zero attached hydrogens (tertiary/aromatic N) is 3. The van der Waals surface area contributed by atoms with E-state index < -0.39 is 8.53 Å². The zero-order valence-electron chi connectivity index (χ0n) is 15.1. The molecule has 1 rings (SSSR count). The number of hydrogen-bond donors (Lipinski definition) is 0. The molecule has 23 heavy (non-hydrogen) atoms. The number of rotatable bonds is 9. The van der Waals surface area contributed by atoms with E-state index in [2.05, 4.69) is 57.4 Å². The van der Waals surface area contributed by atoms with Gasteiger partial charge in [-0.15, -0.1) is 0 Å². The second-order valence-corrected chi connectivity index (χ2v) is 10.2. The minimum Gasteiger partial charge on any atom is -0.321 e. The summed E-state index contributed by atoms with van der Waals surface area (Å²) in [6, 6.07) is 3.22. The Morgan fingerprint density at radius 1 is 1.17 bits per heavy atom. The molecular weight excluding hydrogens is 349 g/mol. The molecule has 0 radical (unpaired) electrons. The molecule has 1 aliphatic heterocycles. The molecule has 8 heteroatoms. The number of likely N-dealkylation sites (N-methyl/N-ethyl adjacent to an activating group) is 1. The second kappa shape index (κ2) is 11.1. The summed E-state index contributed by atoms with van der Waals surface area (Å²) in [6.45, 7) is 9.10. The summed E-state index contributed by atoms with van der Waals surface area (Å²) in [7, 11) is 6.85. The Kier molecular flexibility index (Phi) is 10.4. The third kappa shape index (κ3) is 7.07. The summed E-state index contributed by atoms with van der Waals surface area (Å²) in [5, 5.41) is 8.78. The van der Waals surface area contributed by atoms with Crippen molar-refractivity contribution < 1.29 is 9.05 Å². The lowest BCUT2D eigenvalue weighted by Crippen LogP contribution is -2.46. The molecule has 3 atom stereocenters. The average Bonchev–Trinajstić information content (AvgIpc) is 2.47. The maximum absolute atomic E-state index is 8.78. The highest BCUT2D eigenvalue weighted by molar-refractivity contribution is 8.76. The summed E-state index contributed by atoms with van der Waals surface area (Å²) in [5.41, 5.74) is 0. The minimum absolute atomic E-state index is 0.157. The van der Waals surface area contributed by atoms with Gasteiger partial charge in [-0.2, -0.15) is 5.26 Å². The minimum atomic E-state index is -1.16. The van der Waals surface area contributed by atoms with Crippen molar-refractivity contribution in [3.05, 3.63) is 0 Å². The van der Waals surface area contributed by atoms with Gasteiger partial charge < -0.3 is 13.9 Å². The van der Waals surface area contributed by atoms with Crippen LogP contribution in [0.3, 0.4) is 0 Å². The van der Waals surface area contributed by atoms with Gasteiger partial charge in [0.15, 0.2) is 0 Å². The molecule has 0 saturated carbocycles. The molecule has 0 spiro atoms. The van der Waals surface area contributed by atoms with Gasteiger partial charge in [-0.05, 0) is 41.8 Å². The summed E-state index contributed by atoms with van der Waals surface area (Å²) >= 11 is 0. The zero-order chi connectivity index (χ0) is 17.4. The first-order valence-electron chi connectivity index (χ1n) is 8.04. The molecule has 1 heterocycles. The van der Waals surface area contributed by atoms with Crippen LogP contribution < -0.4 is 0 Å². The van der Waals surface area contributed by atoms with E-state index in [9.17, 15) is 0 Å². The van der Waals surface area contributed by atoms with Crippen molar-refractivity contribution in [3.63, 3.8) is 0 Å². The first-order valence-corrected chi connectivity index (χ1v) is 11.7. The van der Waals surface area contributed by atoms with E-state index in [0.29, 0.717) is 31.2 Å². The van der Waals surface area contributed by atoms with Gasteiger partial charge in [0.1, 0.15) is 0 Å². The van der Waals surface area contributed by atoms with Gasteiger partial charge >= 0.3 is 0 Å². The zero-order valence-corrected chi connectivity index (χ0v) is 17.6. The molecule has 0 aliphatic carbocycles. The van der Waals surface area contributed by atoms with Crippen LogP contribution in [-0.2, 0) is 9.05 Å². The maximum atomic E-state index is 8.78. The van der Waals surface area contributed by atoms with Crippen LogP contribution in [0.1, 0.15) is 34.1 Å². The molecule has 0 aromatic carbocycles. The maximum Gasteiger partial charge on any atom is 0.259 e. The van der Waals surface area contributed by atoms with Gasteiger partial charge in [0.2, 0.25) is 0 Å². The Balaban J connectivity index is 2.83. The summed E-state index contributed by atoms with van der Waals surface area (Å²) in [6.07, 6.45) is 0.558. The van der Waals surface area contributed by atoms with Gasteiger partial charge in [0.05, 0.1) is 25.2 Å². The quantitative estimate of drug-likeness (QED) is 0.341. The van der Waals surface area contributed by atoms with Gasteiger partial charge in [-0.1, -0.05) is 21.6 Å².